The molecule has 1 N–H and O–H groups in total. The van der Waals surface area contributed by atoms with Gasteiger partial charge >= 0.3 is 7.12 Å². The van der Waals surface area contributed by atoms with Crippen molar-refractivity contribution in [3.8, 4) is 0 Å². The van der Waals surface area contributed by atoms with E-state index in [1.54, 1.807) is 0 Å². The monoisotopic (exact) mass is 345 g/mol. The van der Waals surface area contributed by atoms with Crippen molar-refractivity contribution in [1.29, 1.82) is 0 Å². The summed E-state index contributed by atoms with van der Waals surface area (Å²) in [6, 6.07) is 7.46. The second-order valence-electron chi connectivity index (χ2n) is 7.94. The van der Waals surface area contributed by atoms with E-state index in [4.69, 9.17) is 9.31 Å². The summed E-state index contributed by atoms with van der Waals surface area (Å²) in [6.45, 7) is 11.7. The van der Waals surface area contributed by atoms with Crippen LogP contribution < -0.4 is 10.9 Å². The molecule has 2 heterocycles. The highest BCUT2D eigenvalue weighted by molar-refractivity contribution is 6.62. The molecule has 0 spiro atoms. The Balaban J connectivity index is 1.62. The lowest BCUT2D eigenvalue weighted by Crippen LogP contribution is -2.52. The van der Waals surface area contributed by atoms with E-state index in [0.29, 0.717) is 5.56 Å². The number of carbonyl (C=O) groups excluding carboxylic acids is 1. The highest BCUT2D eigenvalue weighted by atomic mass is 16.7. The molecule has 7 heteroatoms. The van der Waals surface area contributed by atoms with E-state index in [0.717, 1.165) is 31.6 Å². The number of amides is 1. The molecule has 25 heavy (non-hydrogen) atoms. The van der Waals surface area contributed by atoms with Crippen LogP contribution in [0, 0.1) is 0 Å². The van der Waals surface area contributed by atoms with E-state index in [9.17, 15) is 4.79 Å². The van der Waals surface area contributed by atoms with Gasteiger partial charge in [0.1, 0.15) is 0 Å². The van der Waals surface area contributed by atoms with Gasteiger partial charge in [-0.25, -0.2) is 5.01 Å². The van der Waals surface area contributed by atoms with Crippen LogP contribution in [0.2, 0.25) is 0 Å². The van der Waals surface area contributed by atoms with Gasteiger partial charge in [-0.15, -0.1) is 0 Å². The highest BCUT2D eigenvalue weighted by Gasteiger charge is 2.51. The molecule has 1 aromatic rings. The molecule has 0 bridgehead atoms. The second kappa shape index (κ2) is 6.72. The third-order valence-corrected chi connectivity index (χ3v) is 5.46. The summed E-state index contributed by atoms with van der Waals surface area (Å²) in [6.07, 6.45) is 0. The van der Waals surface area contributed by atoms with Crippen LogP contribution in [0.3, 0.4) is 0 Å². The van der Waals surface area contributed by atoms with Crippen LogP contribution in [0.1, 0.15) is 38.1 Å². The number of nitrogens with zero attached hydrogens (tertiary/aromatic N) is 2. The predicted octanol–water partition coefficient (Wildman–Crippen LogP) is 0.878. The molecule has 2 saturated heterocycles. The van der Waals surface area contributed by atoms with E-state index < -0.39 is 7.12 Å². The second-order valence-corrected chi connectivity index (χ2v) is 7.94. The first kappa shape index (κ1) is 18.4. The van der Waals surface area contributed by atoms with Crippen molar-refractivity contribution in [1.82, 2.24) is 15.3 Å². The molecule has 0 unspecified atom stereocenters. The minimum atomic E-state index is -0.403. The Labute approximate surface area is 150 Å². The zero-order valence-corrected chi connectivity index (χ0v) is 15.8. The molecular weight excluding hydrogens is 317 g/mol. The number of hydrogen-bond donors (Lipinski definition) is 1. The third kappa shape index (κ3) is 3.90. The van der Waals surface area contributed by atoms with Gasteiger partial charge in [0.05, 0.1) is 11.2 Å². The summed E-state index contributed by atoms with van der Waals surface area (Å²) < 4.78 is 12.1. The number of nitrogens with one attached hydrogen (secondary N) is 1. The van der Waals surface area contributed by atoms with Gasteiger partial charge in [-0.3, -0.25) is 10.2 Å². The first-order valence-corrected chi connectivity index (χ1v) is 8.88. The first-order chi connectivity index (χ1) is 11.7. The van der Waals surface area contributed by atoms with Crippen LogP contribution in [0.4, 0.5) is 0 Å². The third-order valence-electron chi connectivity index (χ3n) is 5.46. The molecule has 0 saturated carbocycles. The van der Waals surface area contributed by atoms with Crippen LogP contribution in [-0.2, 0) is 9.31 Å². The molecule has 0 aromatic heterocycles. The number of hydrazine groups is 1. The predicted molar refractivity (Wildman–Crippen MR) is 98.7 cm³/mol. The van der Waals surface area contributed by atoms with E-state index >= 15 is 0 Å². The van der Waals surface area contributed by atoms with Crippen molar-refractivity contribution < 1.29 is 14.1 Å². The Kier molecular flexibility index (Phi) is 4.94. The summed E-state index contributed by atoms with van der Waals surface area (Å²) in [5, 5.41) is 1.98. The normalized spacial score (nSPS) is 23.6. The summed E-state index contributed by atoms with van der Waals surface area (Å²) >= 11 is 0. The zero-order chi connectivity index (χ0) is 18.2. The van der Waals surface area contributed by atoms with E-state index in [1.807, 2.05) is 57.0 Å². The van der Waals surface area contributed by atoms with Gasteiger partial charge < -0.3 is 14.2 Å². The summed E-state index contributed by atoms with van der Waals surface area (Å²) in [5.41, 5.74) is 3.81. The van der Waals surface area contributed by atoms with Gasteiger partial charge in [-0.2, -0.15) is 0 Å². The van der Waals surface area contributed by atoms with Crippen LogP contribution >= 0.6 is 0 Å². The molecule has 0 aliphatic carbocycles. The molecule has 0 atom stereocenters. The minimum Gasteiger partial charge on any atom is -0.399 e. The SMILES string of the molecule is CN1CCN(NC(=O)c2ccc(B3OC(C)(C)C(C)(C)O3)cc2)CC1. The van der Waals surface area contributed by atoms with Crippen LogP contribution in [0.5, 0.6) is 0 Å². The van der Waals surface area contributed by atoms with Gasteiger partial charge in [-0.05, 0) is 52.3 Å². The lowest BCUT2D eigenvalue weighted by molar-refractivity contribution is 0.00578. The summed E-state index contributed by atoms with van der Waals surface area (Å²) in [4.78, 5) is 14.7. The first-order valence-electron chi connectivity index (χ1n) is 8.88. The maximum atomic E-state index is 12.4. The van der Waals surface area contributed by atoms with Crippen molar-refractivity contribution in [2.75, 3.05) is 33.2 Å². The van der Waals surface area contributed by atoms with Crippen LogP contribution in [0.15, 0.2) is 24.3 Å². The van der Waals surface area contributed by atoms with E-state index in [-0.39, 0.29) is 17.1 Å². The molecule has 0 radical (unpaired) electrons. The van der Waals surface area contributed by atoms with Crippen molar-refractivity contribution in [3.05, 3.63) is 29.8 Å². The molecule has 2 aliphatic heterocycles. The number of piperazine rings is 1. The van der Waals surface area contributed by atoms with Crippen LogP contribution in [-0.4, -0.2) is 67.4 Å². The topological polar surface area (TPSA) is 54.0 Å². The smallest absolute Gasteiger partial charge is 0.399 e. The molecule has 6 nitrogen and oxygen atoms in total. The van der Waals surface area contributed by atoms with Crippen molar-refractivity contribution in [2.24, 2.45) is 0 Å². The molecular formula is C18H28BN3O3. The number of carbonyl (C=O) groups is 1. The molecule has 2 fully saturated rings. The van der Waals surface area contributed by atoms with Gasteiger partial charge in [0, 0.05) is 31.7 Å². The average molecular weight is 345 g/mol. The largest absolute Gasteiger partial charge is 0.494 e. The van der Waals surface area contributed by atoms with Crippen molar-refractivity contribution in [2.45, 2.75) is 38.9 Å². The Morgan fingerprint density at radius 1 is 1.00 bits per heavy atom. The van der Waals surface area contributed by atoms with Gasteiger partial charge in [0.25, 0.3) is 5.91 Å². The number of hydrogen-bond acceptors (Lipinski definition) is 5. The lowest BCUT2D eigenvalue weighted by Gasteiger charge is -2.32. The number of benzene rings is 1. The Bertz CT molecular complexity index is 609. The highest BCUT2D eigenvalue weighted by Crippen LogP contribution is 2.36. The fourth-order valence-electron chi connectivity index (χ4n) is 2.90. The minimum absolute atomic E-state index is 0.0787. The quantitative estimate of drug-likeness (QED) is 0.825. The lowest BCUT2D eigenvalue weighted by atomic mass is 9.79. The Morgan fingerprint density at radius 3 is 2.04 bits per heavy atom. The van der Waals surface area contributed by atoms with E-state index in [1.165, 1.54) is 0 Å². The zero-order valence-electron chi connectivity index (χ0n) is 15.8. The average Bonchev–Trinajstić information content (AvgIpc) is 2.78. The van der Waals surface area contributed by atoms with Gasteiger partial charge in [-0.1, -0.05) is 12.1 Å². The fourth-order valence-corrected chi connectivity index (χ4v) is 2.90. The molecule has 136 valence electrons. The van der Waals surface area contributed by atoms with Crippen molar-refractivity contribution >= 4 is 18.5 Å². The maximum Gasteiger partial charge on any atom is 0.494 e. The Morgan fingerprint density at radius 2 is 1.52 bits per heavy atom. The number of rotatable bonds is 3. The summed E-state index contributed by atoms with van der Waals surface area (Å²) in [7, 11) is 1.69. The standard InChI is InChI=1S/C18H28BN3O3/c1-17(2)18(3,4)25-19(24-17)15-8-6-14(7-9-15)16(23)20-22-12-10-21(5)11-13-22/h6-9H,10-13H2,1-5H3,(H,20,23). The van der Waals surface area contributed by atoms with Crippen LogP contribution in [0.25, 0.3) is 0 Å². The Hall–Kier alpha value is -1.41. The fraction of sp³-hybridized carbons (Fsp3) is 0.611. The van der Waals surface area contributed by atoms with Gasteiger partial charge in [0.2, 0.25) is 0 Å². The molecule has 1 aromatic carbocycles. The van der Waals surface area contributed by atoms with E-state index in [2.05, 4.69) is 17.4 Å². The number of likely N-dealkylation sites (N-methyl/N-ethyl adjacent to an activating group) is 1. The molecule has 3 rings (SSSR count). The van der Waals surface area contributed by atoms with Crippen molar-refractivity contribution in [3.63, 3.8) is 0 Å². The van der Waals surface area contributed by atoms with Gasteiger partial charge in [0.15, 0.2) is 0 Å². The maximum absolute atomic E-state index is 12.4. The summed E-state index contributed by atoms with van der Waals surface area (Å²) in [5.74, 6) is -0.0787. The molecule has 2 aliphatic rings. The molecule has 1 amide bonds.